The number of hydrogen-bond donors (Lipinski definition) is 1. The minimum atomic E-state index is -0.136. The number of benzene rings is 3. The number of amidine groups is 1. The summed E-state index contributed by atoms with van der Waals surface area (Å²) in [6.45, 7) is 0.656. The van der Waals surface area contributed by atoms with Gasteiger partial charge >= 0.3 is 0 Å². The van der Waals surface area contributed by atoms with Gasteiger partial charge in [0.1, 0.15) is 0 Å². The molecule has 1 aliphatic rings. The van der Waals surface area contributed by atoms with Gasteiger partial charge in [0.2, 0.25) is 0 Å². The van der Waals surface area contributed by atoms with Gasteiger partial charge in [-0.2, -0.15) is 0 Å². The highest BCUT2D eigenvalue weighted by Crippen LogP contribution is 2.31. The number of nitrogens with one attached hydrogen (secondary N) is 1. The van der Waals surface area contributed by atoms with Gasteiger partial charge in [-0.05, 0) is 47.7 Å². The first-order chi connectivity index (χ1) is 15.2. The van der Waals surface area contributed by atoms with Crippen molar-refractivity contribution in [2.24, 2.45) is 4.99 Å². The number of fused-ring (bicyclic) bond motifs is 1. The zero-order valence-corrected chi connectivity index (χ0v) is 18.0. The smallest absolute Gasteiger partial charge is 0.264 e. The first-order valence-corrected chi connectivity index (χ1v) is 11.0. The SMILES string of the molecule is O=C1NC(=Nc2ccccc2)S/C1=C/c1cn(Cc2ccccc2Cl)c2ccccc12. The van der Waals surface area contributed by atoms with Crippen LogP contribution in [-0.2, 0) is 11.3 Å². The Morgan fingerprint density at radius 1 is 0.968 bits per heavy atom. The largest absolute Gasteiger partial charge is 0.342 e. The van der Waals surface area contributed by atoms with Crippen LogP contribution in [0.2, 0.25) is 5.02 Å². The van der Waals surface area contributed by atoms with E-state index in [1.165, 1.54) is 11.8 Å². The van der Waals surface area contributed by atoms with Gasteiger partial charge in [-0.3, -0.25) is 4.79 Å². The molecule has 3 aromatic carbocycles. The maximum Gasteiger partial charge on any atom is 0.264 e. The van der Waals surface area contributed by atoms with Gasteiger partial charge in [-0.25, -0.2) is 4.99 Å². The van der Waals surface area contributed by atoms with Crippen LogP contribution in [0.1, 0.15) is 11.1 Å². The lowest BCUT2D eigenvalue weighted by molar-refractivity contribution is -0.115. The molecule has 0 spiro atoms. The number of para-hydroxylation sites is 2. The number of thioether (sulfide) groups is 1. The molecule has 1 aromatic heterocycles. The van der Waals surface area contributed by atoms with Crippen LogP contribution in [0.5, 0.6) is 0 Å². The van der Waals surface area contributed by atoms with Crippen LogP contribution in [0.25, 0.3) is 17.0 Å². The topological polar surface area (TPSA) is 46.4 Å². The monoisotopic (exact) mass is 443 g/mol. The Balaban J connectivity index is 1.49. The van der Waals surface area contributed by atoms with Crippen LogP contribution in [-0.4, -0.2) is 15.6 Å². The van der Waals surface area contributed by atoms with Gasteiger partial charge in [0.15, 0.2) is 5.17 Å². The molecule has 0 atom stereocenters. The predicted octanol–water partition coefficient (Wildman–Crippen LogP) is 6.23. The summed E-state index contributed by atoms with van der Waals surface area (Å²) in [6.07, 6.45) is 4.00. The van der Waals surface area contributed by atoms with E-state index in [-0.39, 0.29) is 5.91 Å². The molecule has 1 aliphatic heterocycles. The second-order valence-electron chi connectivity index (χ2n) is 7.14. The van der Waals surface area contributed by atoms with Crippen molar-refractivity contribution in [3.05, 3.63) is 106 Å². The lowest BCUT2D eigenvalue weighted by atomic mass is 10.1. The lowest BCUT2D eigenvalue weighted by Crippen LogP contribution is -2.19. The molecule has 2 heterocycles. The molecule has 152 valence electrons. The molecule has 31 heavy (non-hydrogen) atoms. The number of rotatable bonds is 4. The number of carbonyl (C=O) groups excluding carboxylic acids is 1. The fraction of sp³-hybridized carbons (Fsp3) is 0.0400. The zero-order valence-electron chi connectivity index (χ0n) is 16.5. The Bertz CT molecular complexity index is 1340. The normalized spacial score (nSPS) is 16.4. The Morgan fingerprint density at radius 3 is 2.55 bits per heavy atom. The van der Waals surface area contributed by atoms with Gasteiger partial charge in [-0.1, -0.05) is 66.2 Å². The Kier molecular flexibility index (Phi) is 5.37. The molecule has 0 saturated carbocycles. The van der Waals surface area contributed by atoms with Crippen molar-refractivity contribution in [3.8, 4) is 0 Å². The summed E-state index contributed by atoms with van der Waals surface area (Å²) in [6, 6.07) is 25.6. The minimum Gasteiger partial charge on any atom is -0.342 e. The van der Waals surface area contributed by atoms with E-state index in [4.69, 9.17) is 11.6 Å². The van der Waals surface area contributed by atoms with Gasteiger partial charge < -0.3 is 9.88 Å². The zero-order chi connectivity index (χ0) is 21.2. The Morgan fingerprint density at radius 2 is 1.71 bits per heavy atom. The highest BCUT2D eigenvalue weighted by atomic mass is 35.5. The number of carbonyl (C=O) groups is 1. The molecule has 4 aromatic rings. The van der Waals surface area contributed by atoms with Crippen molar-refractivity contribution in [3.63, 3.8) is 0 Å². The van der Waals surface area contributed by atoms with Gasteiger partial charge in [0, 0.05) is 34.2 Å². The highest BCUT2D eigenvalue weighted by Gasteiger charge is 2.24. The maximum absolute atomic E-state index is 12.6. The summed E-state index contributed by atoms with van der Waals surface area (Å²) in [5.74, 6) is -0.136. The molecular weight excluding hydrogens is 426 g/mol. The highest BCUT2D eigenvalue weighted by molar-refractivity contribution is 8.18. The maximum atomic E-state index is 12.6. The van der Waals surface area contributed by atoms with E-state index in [2.05, 4.69) is 33.2 Å². The lowest BCUT2D eigenvalue weighted by Gasteiger charge is -2.07. The third kappa shape index (κ3) is 4.15. The van der Waals surface area contributed by atoms with E-state index < -0.39 is 0 Å². The number of amides is 1. The van der Waals surface area contributed by atoms with Gasteiger partial charge in [0.25, 0.3) is 5.91 Å². The van der Waals surface area contributed by atoms with E-state index in [9.17, 15) is 4.79 Å². The third-order valence-electron chi connectivity index (χ3n) is 5.04. The molecule has 6 heteroatoms. The number of aliphatic imine (C=N–C) groups is 1. The first-order valence-electron chi connectivity index (χ1n) is 9.83. The molecular formula is C25H18ClN3OS. The summed E-state index contributed by atoms with van der Waals surface area (Å²) in [5, 5.41) is 5.27. The first kappa shape index (κ1) is 19.7. The average Bonchev–Trinajstić information content (AvgIpc) is 3.30. The summed E-state index contributed by atoms with van der Waals surface area (Å²) in [5.41, 5.74) is 3.94. The molecule has 0 bridgehead atoms. The summed E-state index contributed by atoms with van der Waals surface area (Å²) in [7, 11) is 0. The van der Waals surface area contributed by atoms with Crippen molar-refractivity contribution in [1.29, 1.82) is 0 Å². The molecule has 5 rings (SSSR count). The standard InChI is InChI=1S/C25H18ClN3OS/c26-21-12-6-4-8-17(21)15-29-16-18(20-11-5-7-13-22(20)29)14-23-24(30)28-25(31-23)27-19-9-2-1-3-10-19/h1-14,16H,15H2,(H,27,28,30)/b23-14+. The Labute approximate surface area is 189 Å². The fourth-order valence-corrected chi connectivity index (χ4v) is 4.60. The summed E-state index contributed by atoms with van der Waals surface area (Å²) >= 11 is 7.73. The van der Waals surface area contributed by atoms with Crippen LogP contribution < -0.4 is 5.32 Å². The van der Waals surface area contributed by atoms with Crippen molar-refractivity contribution in [2.45, 2.75) is 6.54 Å². The molecule has 4 nitrogen and oxygen atoms in total. The van der Waals surface area contributed by atoms with Crippen LogP contribution in [0.4, 0.5) is 5.69 Å². The van der Waals surface area contributed by atoms with Crippen molar-refractivity contribution < 1.29 is 4.79 Å². The van der Waals surface area contributed by atoms with Crippen molar-refractivity contribution >= 4 is 57.1 Å². The average molecular weight is 444 g/mol. The fourth-order valence-electron chi connectivity index (χ4n) is 3.57. The number of aromatic nitrogens is 1. The molecule has 0 radical (unpaired) electrons. The number of halogens is 1. The number of hydrogen-bond acceptors (Lipinski definition) is 3. The predicted molar refractivity (Wildman–Crippen MR) is 130 cm³/mol. The third-order valence-corrected chi connectivity index (χ3v) is 6.32. The van der Waals surface area contributed by atoms with E-state index >= 15 is 0 Å². The number of nitrogens with zero attached hydrogens (tertiary/aromatic N) is 2. The van der Waals surface area contributed by atoms with Crippen LogP contribution in [0.15, 0.2) is 95.0 Å². The summed E-state index contributed by atoms with van der Waals surface area (Å²) in [4.78, 5) is 17.7. The molecule has 1 fully saturated rings. The van der Waals surface area contributed by atoms with Crippen LogP contribution in [0.3, 0.4) is 0 Å². The van der Waals surface area contributed by atoms with Crippen molar-refractivity contribution in [1.82, 2.24) is 9.88 Å². The van der Waals surface area contributed by atoms with Crippen LogP contribution in [0, 0.1) is 0 Å². The van der Waals surface area contributed by atoms with E-state index in [1.807, 2.05) is 72.8 Å². The van der Waals surface area contributed by atoms with Crippen molar-refractivity contribution in [2.75, 3.05) is 0 Å². The van der Waals surface area contributed by atoms with E-state index in [0.717, 1.165) is 32.7 Å². The quantitative estimate of drug-likeness (QED) is 0.380. The van der Waals surface area contributed by atoms with Gasteiger partial charge in [0.05, 0.1) is 10.6 Å². The van der Waals surface area contributed by atoms with Gasteiger partial charge in [-0.15, -0.1) is 0 Å². The van der Waals surface area contributed by atoms with E-state index in [0.29, 0.717) is 16.6 Å². The molecule has 1 amide bonds. The molecule has 1 N–H and O–H groups in total. The Hall–Kier alpha value is -3.28. The molecule has 0 unspecified atom stereocenters. The summed E-state index contributed by atoms with van der Waals surface area (Å²) < 4.78 is 2.17. The molecule has 0 aliphatic carbocycles. The van der Waals surface area contributed by atoms with E-state index in [1.54, 1.807) is 0 Å². The molecule has 1 saturated heterocycles. The second kappa shape index (κ2) is 8.46. The second-order valence-corrected chi connectivity index (χ2v) is 8.58. The van der Waals surface area contributed by atoms with Crippen LogP contribution >= 0.6 is 23.4 Å². The minimum absolute atomic E-state index is 0.136.